The summed E-state index contributed by atoms with van der Waals surface area (Å²) < 4.78 is 0.888. The summed E-state index contributed by atoms with van der Waals surface area (Å²) in [5.74, 6) is 0.00220. The third-order valence-corrected chi connectivity index (χ3v) is 4.85. The van der Waals surface area contributed by atoms with Crippen LogP contribution in [0.4, 0.5) is 0 Å². The SMILES string of the molecule is Cc1cccc(C(=O)NCC2(C)CCCNC2)c1Br. The van der Waals surface area contributed by atoms with Gasteiger partial charge in [0.1, 0.15) is 0 Å². The summed E-state index contributed by atoms with van der Waals surface area (Å²) in [6.45, 7) is 7.01. The van der Waals surface area contributed by atoms with Gasteiger partial charge in [-0.25, -0.2) is 0 Å². The Morgan fingerprint density at radius 2 is 2.32 bits per heavy atom. The molecule has 0 aliphatic carbocycles. The Kier molecular flexibility index (Phi) is 4.63. The van der Waals surface area contributed by atoms with Crippen molar-refractivity contribution in [3.8, 4) is 0 Å². The van der Waals surface area contributed by atoms with Crippen molar-refractivity contribution in [2.45, 2.75) is 26.7 Å². The molecular formula is C15H21BrN2O. The van der Waals surface area contributed by atoms with Gasteiger partial charge in [-0.2, -0.15) is 0 Å². The van der Waals surface area contributed by atoms with Crippen LogP contribution in [0.15, 0.2) is 22.7 Å². The Morgan fingerprint density at radius 1 is 1.53 bits per heavy atom. The molecule has 0 spiro atoms. The van der Waals surface area contributed by atoms with Crippen molar-refractivity contribution in [3.05, 3.63) is 33.8 Å². The highest BCUT2D eigenvalue weighted by atomic mass is 79.9. The summed E-state index contributed by atoms with van der Waals surface area (Å²) in [5, 5.41) is 6.47. The number of carbonyl (C=O) groups excluding carboxylic acids is 1. The lowest BCUT2D eigenvalue weighted by atomic mass is 9.83. The van der Waals surface area contributed by atoms with Gasteiger partial charge >= 0.3 is 0 Å². The van der Waals surface area contributed by atoms with E-state index < -0.39 is 0 Å². The van der Waals surface area contributed by atoms with E-state index in [9.17, 15) is 4.79 Å². The highest BCUT2D eigenvalue weighted by Crippen LogP contribution is 2.25. The van der Waals surface area contributed by atoms with E-state index in [2.05, 4.69) is 33.5 Å². The van der Waals surface area contributed by atoms with Gasteiger partial charge in [0.25, 0.3) is 5.91 Å². The van der Waals surface area contributed by atoms with Crippen LogP contribution in [-0.4, -0.2) is 25.5 Å². The van der Waals surface area contributed by atoms with E-state index in [4.69, 9.17) is 0 Å². The smallest absolute Gasteiger partial charge is 0.252 e. The van der Waals surface area contributed by atoms with Gasteiger partial charge in [0.15, 0.2) is 0 Å². The zero-order valence-corrected chi connectivity index (χ0v) is 13.1. The molecule has 2 rings (SSSR count). The summed E-state index contributed by atoms with van der Waals surface area (Å²) in [7, 11) is 0. The minimum Gasteiger partial charge on any atom is -0.351 e. The normalized spacial score (nSPS) is 23.1. The number of halogens is 1. The van der Waals surface area contributed by atoms with E-state index in [1.807, 2.05) is 25.1 Å². The first kappa shape index (κ1) is 14.5. The van der Waals surface area contributed by atoms with Crippen molar-refractivity contribution in [1.82, 2.24) is 10.6 Å². The monoisotopic (exact) mass is 324 g/mol. The molecule has 1 aromatic carbocycles. The Hall–Kier alpha value is -0.870. The molecule has 4 heteroatoms. The number of piperidine rings is 1. The zero-order valence-electron chi connectivity index (χ0n) is 11.6. The van der Waals surface area contributed by atoms with Crippen LogP contribution in [0.1, 0.15) is 35.7 Å². The fourth-order valence-electron chi connectivity index (χ4n) is 2.48. The molecule has 1 amide bonds. The molecule has 1 aromatic rings. The Bertz CT molecular complexity index is 467. The molecule has 2 N–H and O–H groups in total. The summed E-state index contributed by atoms with van der Waals surface area (Å²) in [5.41, 5.74) is 1.97. The van der Waals surface area contributed by atoms with Gasteiger partial charge in [-0.1, -0.05) is 19.1 Å². The van der Waals surface area contributed by atoms with Crippen molar-refractivity contribution in [3.63, 3.8) is 0 Å². The molecule has 104 valence electrons. The van der Waals surface area contributed by atoms with Gasteiger partial charge < -0.3 is 10.6 Å². The third kappa shape index (κ3) is 3.57. The Morgan fingerprint density at radius 3 is 3.00 bits per heavy atom. The van der Waals surface area contributed by atoms with Crippen molar-refractivity contribution in [2.75, 3.05) is 19.6 Å². The highest BCUT2D eigenvalue weighted by Gasteiger charge is 2.27. The molecule has 0 radical (unpaired) electrons. The molecule has 1 saturated heterocycles. The van der Waals surface area contributed by atoms with Crippen LogP contribution in [0.2, 0.25) is 0 Å². The summed E-state index contributed by atoms with van der Waals surface area (Å²) in [6.07, 6.45) is 2.34. The van der Waals surface area contributed by atoms with Gasteiger partial charge in [-0.15, -0.1) is 0 Å². The van der Waals surface area contributed by atoms with Crippen molar-refractivity contribution < 1.29 is 4.79 Å². The summed E-state index contributed by atoms with van der Waals surface area (Å²) >= 11 is 3.49. The summed E-state index contributed by atoms with van der Waals surface area (Å²) in [4.78, 5) is 12.2. The van der Waals surface area contributed by atoms with E-state index in [1.165, 1.54) is 6.42 Å². The number of benzene rings is 1. The van der Waals surface area contributed by atoms with Crippen LogP contribution in [0.5, 0.6) is 0 Å². The van der Waals surface area contributed by atoms with Gasteiger partial charge in [0, 0.05) is 17.6 Å². The average Bonchev–Trinajstić information content (AvgIpc) is 2.40. The first-order valence-corrected chi connectivity index (χ1v) is 7.55. The maximum atomic E-state index is 12.2. The second-order valence-corrected chi connectivity index (χ2v) is 6.50. The molecule has 1 aliphatic heterocycles. The molecule has 1 fully saturated rings. The standard InChI is InChI=1S/C15H21BrN2O/c1-11-5-3-6-12(13(11)16)14(19)18-10-15(2)7-4-8-17-9-15/h3,5-6,17H,4,7-10H2,1-2H3,(H,18,19). The number of amides is 1. The number of hydrogen-bond donors (Lipinski definition) is 2. The Labute approximate surface area is 123 Å². The van der Waals surface area contributed by atoms with Gasteiger partial charge in [0.05, 0.1) is 5.56 Å². The lowest BCUT2D eigenvalue weighted by Gasteiger charge is -2.34. The lowest BCUT2D eigenvalue weighted by Crippen LogP contribution is -2.45. The molecule has 19 heavy (non-hydrogen) atoms. The third-order valence-electron chi connectivity index (χ3n) is 3.80. The van der Waals surface area contributed by atoms with E-state index in [0.29, 0.717) is 5.56 Å². The zero-order chi connectivity index (χ0) is 13.9. The maximum absolute atomic E-state index is 12.2. The quantitative estimate of drug-likeness (QED) is 0.897. The minimum atomic E-state index is 0.00220. The maximum Gasteiger partial charge on any atom is 0.252 e. The van der Waals surface area contributed by atoms with Crippen molar-refractivity contribution in [2.24, 2.45) is 5.41 Å². The molecule has 3 nitrogen and oxygen atoms in total. The number of aryl methyl sites for hydroxylation is 1. The van der Waals surface area contributed by atoms with Gasteiger partial charge in [0.2, 0.25) is 0 Å². The number of nitrogens with one attached hydrogen (secondary N) is 2. The number of hydrogen-bond acceptors (Lipinski definition) is 2. The molecule has 1 unspecified atom stereocenters. The van der Waals surface area contributed by atoms with Crippen molar-refractivity contribution in [1.29, 1.82) is 0 Å². The Balaban J connectivity index is 1.99. The fraction of sp³-hybridized carbons (Fsp3) is 0.533. The first-order valence-electron chi connectivity index (χ1n) is 6.76. The highest BCUT2D eigenvalue weighted by molar-refractivity contribution is 9.10. The van der Waals surface area contributed by atoms with Gasteiger partial charge in [-0.05, 0) is 59.3 Å². The van der Waals surface area contributed by atoms with Crippen molar-refractivity contribution >= 4 is 21.8 Å². The number of carbonyl (C=O) groups is 1. The largest absolute Gasteiger partial charge is 0.351 e. The molecule has 1 atom stereocenters. The predicted molar refractivity (Wildman–Crippen MR) is 81.4 cm³/mol. The lowest BCUT2D eigenvalue weighted by molar-refractivity contribution is 0.0924. The van der Waals surface area contributed by atoms with E-state index in [-0.39, 0.29) is 11.3 Å². The molecule has 1 aliphatic rings. The van der Waals surface area contributed by atoms with E-state index >= 15 is 0 Å². The van der Waals surface area contributed by atoms with Crippen LogP contribution in [0, 0.1) is 12.3 Å². The minimum absolute atomic E-state index is 0.00220. The van der Waals surface area contributed by atoms with E-state index in [0.717, 1.165) is 36.1 Å². The second-order valence-electron chi connectivity index (χ2n) is 5.71. The van der Waals surface area contributed by atoms with Crippen LogP contribution >= 0.6 is 15.9 Å². The van der Waals surface area contributed by atoms with Crippen LogP contribution in [-0.2, 0) is 0 Å². The summed E-state index contributed by atoms with van der Waals surface area (Å²) in [6, 6.07) is 5.76. The van der Waals surface area contributed by atoms with Crippen LogP contribution in [0.25, 0.3) is 0 Å². The van der Waals surface area contributed by atoms with Crippen LogP contribution < -0.4 is 10.6 Å². The second kappa shape index (κ2) is 6.06. The predicted octanol–water partition coefficient (Wildman–Crippen LogP) is 2.88. The molecular weight excluding hydrogens is 304 g/mol. The van der Waals surface area contributed by atoms with Gasteiger partial charge in [-0.3, -0.25) is 4.79 Å². The topological polar surface area (TPSA) is 41.1 Å². The van der Waals surface area contributed by atoms with Crippen LogP contribution in [0.3, 0.4) is 0 Å². The first-order chi connectivity index (χ1) is 9.02. The molecule has 0 bridgehead atoms. The average molecular weight is 325 g/mol. The molecule has 0 saturated carbocycles. The molecule has 1 heterocycles. The fourth-order valence-corrected chi connectivity index (χ4v) is 2.93. The molecule has 0 aromatic heterocycles. The number of rotatable bonds is 3. The van der Waals surface area contributed by atoms with E-state index in [1.54, 1.807) is 0 Å².